The van der Waals surface area contributed by atoms with Crippen LogP contribution in [0.2, 0.25) is 0 Å². The number of hydrogen-bond donors (Lipinski definition) is 3. The summed E-state index contributed by atoms with van der Waals surface area (Å²) >= 11 is 0. The Morgan fingerprint density at radius 3 is 2.72 bits per heavy atom. The highest BCUT2D eigenvalue weighted by molar-refractivity contribution is 5.81. The molecule has 2 atom stereocenters. The zero-order valence-corrected chi connectivity index (χ0v) is 11.9. The Bertz CT molecular complexity index is 286. The zero-order chi connectivity index (χ0) is 13.8. The number of carbonyl (C=O) groups is 1. The van der Waals surface area contributed by atoms with Crippen LogP contribution in [0, 0.1) is 0 Å². The van der Waals surface area contributed by atoms with Crippen LogP contribution in [0.1, 0.15) is 40.5 Å². The Balaban J connectivity index is 2.36. The van der Waals surface area contributed by atoms with Crippen molar-refractivity contribution in [3.8, 4) is 0 Å². The van der Waals surface area contributed by atoms with E-state index >= 15 is 0 Å². The van der Waals surface area contributed by atoms with Gasteiger partial charge in [0.15, 0.2) is 0 Å². The molecule has 1 rings (SSSR count). The van der Waals surface area contributed by atoms with Crippen molar-refractivity contribution in [2.45, 2.75) is 57.7 Å². The predicted molar refractivity (Wildman–Crippen MR) is 70.4 cm³/mol. The molecule has 1 heterocycles. The van der Waals surface area contributed by atoms with Gasteiger partial charge in [0.1, 0.15) is 5.60 Å². The van der Waals surface area contributed by atoms with Gasteiger partial charge < -0.3 is 20.5 Å². The van der Waals surface area contributed by atoms with Gasteiger partial charge in [-0.15, -0.1) is 0 Å². The third kappa shape index (κ3) is 4.55. The highest BCUT2D eigenvalue weighted by atomic mass is 16.5. The molecule has 1 saturated heterocycles. The summed E-state index contributed by atoms with van der Waals surface area (Å²) in [7, 11) is 0. The summed E-state index contributed by atoms with van der Waals surface area (Å²) in [5.74, 6) is -0.0376. The van der Waals surface area contributed by atoms with Crippen molar-refractivity contribution >= 4 is 5.91 Å². The predicted octanol–water partition coefficient (Wildman–Crippen LogP) is 0.421. The van der Waals surface area contributed by atoms with Crippen LogP contribution in [0.25, 0.3) is 0 Å². The Kier molecular flexibility index (Phi) is 5.13. The van der Waals surface area contributed by atoms with Gasteiger partial charge in [0.25, 0.3) is 0 Å². The Labute approximate surface area is 109 Å². The minimum Gasteiger partial charge on any atom is -0.386 e. The van der Waals surface area contributed by atoms with Gasteiger partial charge in [0.2, 0.25) is 5.91 Å². The van der Waals surface area contributed by atoms with Gasteiger partial charge >= 0.3 is 0 Å². The summed E-state index contributed by atoms with van der Waals surface area (Å²) in [6, 6.07) is -0.319. The molecule has 18 heavy (non-hydrogen) atoms. The normalized spacial score (nSPS) is 26.1. The van der Waals surface area contributed by atoms with E-state index in [9.17, 15) is 9.90 Å². The van der Waals surface area contributed by atoms with E-state index in [0.29, 0.717) is 26.2 Å². The van der Waals surface area contributed by atoms with Crippen LogP contribution in [0.4, 0.5) is 0 Å². The molecule has 1 aliphatic heterocycles. The highest BCUT2D eigenvalue weighted by Crippen LogP contribution is 2.17. The van der Waals surface area contributed by atoms with Crippen molar-refractivity contribution in [2.75, 3.05) is 19.8 Å². The molecule has 0 bridgehead atoms. The number of amides is 1. The maximum Gasteiger partial charge on any atom is 0.237 e. The van der Waals surface area contributed by atoms with Crippen molar-refractivity contribution < 1.29 is 14.6 Å². The minimum absolute atomic E-state index is 0.0376. The lowest BCUT2D eigenvalue weighted by Crippen LogP contribution is -2.53. The first-order chi connectivity index (χ1) is 8.28. The summed E-state index contributed by atoms with van der Waals surface area (Å²) in [6.45, 7) is 9.15. The van der Waals surface area contributed by atoms with Gasteiger partial charge in [-0.2, -0.15) is 0 Å². The van der Waals surface area contributed by atoms with E-state index in [1.165, 1.54) is 0 Å². The van der Waals surface area contributed by atoms with Crippen molar-refractivity contribution in [3.63, 3.8) is 0 Å². The first-order valence-electron chi connectivity index (χ1n) is 6.63. The molecule has 0 saturated carbocycles. The summed E-state index contributed by atoms with van der Waals surface area (Å²) in [5.41, 5.74) is -1.02. The van der Waals surface area contributed by atoms with E-state index in [-0.39, 0.29) is 17.5 Å². The van der Waals surface area contributed by atoms with Crippen molar-refractivity contribution in [2.24, 2.45) is 0 Å². The first-order valence-corrected chi connectivity index (χ1v) is 6.63. The first kappa shape index (κ1) is 15.4. The summed E-state index contributed by atoms with van der Waals surface area (Å²) in [4.78, 5) is 11.9. The molecule has 0 radical (unpaired) electrons. The number of ether oxygens (including phenoxy) is 1. The maximum atomic E-state index is 11.9. The van der Waals surface area contributed by atoms with Gasteiger partial charge in [-0.3, -0.25) is 4.79 Å². The van der Waals surface area contributed by atoms with Crippen LogP contribution >= 0.6 is 0 Å². The molecule has 0 aromatic carbocycles. The Morgan fingerprint density at radius 2 is 2.22 bits per heavy atom. The molecule has 106 valence electrons. The average Bonchev–Trinajstić information content (AvgIpc) is 2.73. The van der Waals surface area contributed by atoms with E-state index in [0.717, 1.165) is 6.42 Å². The topological polar surface area (TPSA) is 70.6 Å². The number of carbonyl (C=O) groups excluding carboxylic acids is 1. The van der Waals surface area contributed by atoms with Gasteiger partial charge in [0, 0.05) is 25.1 Å². The lowest BCUT2D eigenvalue weighted by Gasteiger charge is -2.28. The van der Waals surface area contributed by atoms with Gasteiger partial charge in [-0.05, 0) is 27.2 Å². The van der Waals surface area contributed by atoms with E-state index in [1.54, 1.807) is 6.92 Å². The van der Waals surface area contributed by atoms with Crippen LogP contribution in [0.15, 0.2) is 0 Å². The highest BCUT2D eigenvalue weighted by Gasteiger charge is 2.33. The van der Waals surface area contributed by atoms with Crippen LogP contribution in [0.3, 0.4) is 0 Å². The zero-order valence-electron chi connectivity index (χ0n) is 11.9. The lowest BCUT2D eigenvalue weighted by atomic mass is 10.0. The second-order valence-electron chi connectivity index (χ2n) is 5.86. The molecule has 0 spiro atoms. The van der Waals surface area contributed by atoms with E-state index in [2.05, 4.69) is 10.6 Å². The minimum atomic E-state index is -0.825. The Morgan fingerprint density at radius 1 is 1.56 bits per heavy atom. The fourth-order valence-corrected chi connectivity index (χ4v) is 1.70. The third-order valence-electron chi connectivity index (χ3n) is 3.56. The van der Waals surface area contributed by atoms with Gasteiger partial charge in [0.05, 0.1) is 12.6 Å². The van der Waals surface area contributed by atoms with E-state index in [4.69, 9.17) is 4.74 Å². The van der Waals surface area contributed by atoms with Crippen LogP contribution < -0.4 is 10.6 Å². The second kappa shape index (κ2) is 5.99. The molecular weight excluding hydrogens is 232 g/mol. The van der Waals surface area contributed by atoms with E-state index < -0.39 is 5.60 Å². The monoisotopic (exact) mass is 258 g/mol. The number of hydrogen-bond acceptors (Lipinski definition) is 4. The van der Waals surface area contributed by atoms with Crippen molar-refractivity contribution in [1.82, 2.24) is 10.6 Å². The van der Waals surface area contributed by atoms with Crippen molar-refractivity contribution in [3.05, 3.63) is 0 Å². The molecule has 1 aliphatic rings. The smallest absolute Gasteiger partial charge is 0.237 e. The molecule has 3 N–H and O–H groups in total. The number of aliphatic hydroxyl groups is 1. The molecule has 0 aliphatic carbocycles. The fourth-order valence-electron chi connectivity index (χ4n) is 1.70. The standard InChI is InChI=1S/C13H26N2O3/c1-5-12(3,4)15-11(16)10(2)14-8-13(17)6-7-18-9-13/h10,14,17H,5-9H2,1-4H3,(H,15,16). The molecule has 5 nitrogen and oxygen atoms in total. The Hall–Kier alpha value is -0.650. The van der Waals surface area contributed by atoms with Crippen LogP contribution in [0.5, 0.6) is 0 Å². The number of nitrogens with one attached hydrogen (secondary N) is 2. The summed E-state index contributed by atoms with van der Waals surface area (Å²) in [6.07, 6.45) is 1.50. The fraction of sp³-hybridized carbons (Fsp3) is 0.923. The third-order valence-corrected chi connectivity index (χ3v) is 3.56. The van der Waals surface area contributed by atoms with Crippen molar-refractivity contribution in [1.29, 1.82) is 0 Å². The lowest BCUT2D eigenvalue weighted by molar-refractivity contribution is -0.124. The average molecular weight is 258 g/mol. The number of rotatable bonds is 6. The largest absolute Gasteiger partial charge is 0.386 e. The SMILES string of the molecule is CCC(C)(C)NC(=O)C(C)NCC1(O)CCOC1. The van der Waals surface area contributed by atoms with E-state index in [1.807, 2.05) is 20.8 Å². The molecule has 1 amide bonds. The maximum absolute atomic E-state index is 11.9. The van der Waals surface area contributed by atoms with Crippen LogP contribution in [-0.4, -0.2) is 48.0 Å². The second-order valence-corrected chi connectivity index (χ2v) is 5.86. The van der Waals surface area contributed by atoms with Crippen LogP contribution in [-0.2, 0) is 9.53 Å². The van der Waals surface area contributed by atoms with Gasteiger partial charge in [-0.1, -0.05) is 6.92 Å². The molecular formula is C13H26N2O3. The molecule has 2 unspecified atom stereocenters. The summed E-state index contributed by atoms with van der Waals surface area (Å²) in [5, 5.41) is 16.1. The molecule has 1 fully saturated rings. The van der Waals surface area contributed by atoms with Gasteiger partial charge in [-0.25, -0.2) is 0 Å². The quantitative estimate of drug-likeness (QED) is 0.646. The molecule has 0 aromatic rings. The molecule has 0 aromatic heterocycles. The summed E-state index contributed by atoms with van der Waals surface area (Å²) < 4.78 is 5.16. The molecule has 5 heteroatoms.